The summed E-state index contributed by atoms with van der Waals surface area (Å²) in [6, 6.07) is 33.7. The SMILES string of the molecule is CCCCC1(CC2(CCC(=O)OCC)c3cc(Cl)ccc3-c3nc4ccccc4cc32)c2cc(Cl)ccc2-c2nc3ccccc3cc21. The lowest BCUT2D eigenvalue weighted by molar-refractivity contribution is -0.143. The fourth-order valence-electron chi connectivity index (χ4n) is 8.54. The number of pyridine rings is 2. The zero-order chi connectivity index (χ0) is 33.0. The molecule has 0 saturated heterocycles. The highest BCUT2D eigenvalue weighted by molar-refractivity contribution is 6.31. The zero-order valence-electron chi connectivity index (χ0n) is 27.2. The molecule has 0 spiro atoms. The quantitative estimate of drug-likeness (QED) is 0.144. The third-order valence-electron chi connectivity index (χ3n) is 10.6. The minimum atomic E-state index is -0.611. The summed E-state index contributed by atoms with van der Waals surface area (Å²) in [6.45, 7) is 4.44. The molecule has 2 heterocycles. The number of hydrogen-bond acceptors (Lipinski definition) is 4. The van der Waals surface area contributed by atoms with Crippen molar-refractivity contribution in [2.45, 2.75) is 63.2 Å². The Hall–Kier alpha value is -4.25. The first-order chi connectivity index (χ1) is 23.4. The van der Waals surface area contributed by atoms with Gasteiger partial charge in [-0.3, -0.25) is 4.79 Å². The third-order valence-corrected chi connectivity index (χ3v) is 11.1. The fraction of sp³-hybridized carbons (Fsp3) is 0.262. The first-order valence-corrected chi connectivity index (χ1v) is 17.7. The number of rotatable bonds is 9. The second-order valence-corrected chi connectivity index (χ2v) is 14.2. The summed E-state index contributed by atoms with van der Waals surface area (Å²) in [5.74, 6) is -0.201. The molecule has 0 fully saturated rings. The van der Waals surface area contributed by atoms with Crippen molar-refractivity contribution in [1.29, 1.82) is 0 Å². The standard InChI is InChI=1S/C42H36Cl2N2O2/c1-3-5-19-41(32-23-28(43)14-16-30(32)39-34(41)21-26-10-6-8-12-36(26)45-39)25-42(20-18-38(47)48-4-2)33-24-29(44)15-17-31(33)40-35(42)22-27-11-7-9-13-37(27)46-40/h6-17,21-24H,3-5,18-20,25H2,1-2H3. The summed E-state index contributed by atoms with van der Waals surface area (Å²) in [6.07, 6.45) is 4.46. The van der Waals surface area contributed by atoms with Gasteiger partial charge in [-0.05, 0) is 97.0 Å². The summed E-state index contributed by atoms with van der Waals surface area (Å²) in [5, 5.41) is 3.55. The predicted molar refractivity (Wildman–Crippen MR) is 196 cm³/mol. The molecule has 0 radical (unpaired) electrons. The molecule has 2 atom stereocenters. The molecule has 0 amide bonds. The molecule has 240 valence electrons. The smallest absolute Gasteiger partial charge is 0.305 e. The maximum atomic E-state index is 13.2. The van der Waals surface area contributed by atoms with E-state index >= 15 is 0 Å². The lowest BCUT2D eigenvalue weighted by atomic mass is 9.59. The van der Waals surface area contributed by atoms with Gasteiger partial charge in [-0.2, -0.15) is 0 Å². The minimum absolute atomic E-state index is 0.201. The Kier molecular flexibility index (Phi) is 7.77. The van der Waals surface area contributed by atoms with Crippen LogP contribution in [-0.2, 0) is 20.4 Å². The van der Waals surface area contributed by atoms with E-state index in [-0.39, 0.29) is 12.4 Å². The molecule has 4 aromatic carbocycles. The number of nitrogens with zero attached hydrogens (tertiary/aromatic N) is 2. The number of hydrogen-bond donors (Lipinski definition) is 0. The Morgan fingerprint density at radius 1 is 0.667 bits per heavy atom. The highest BCUT2D eigenvalue weighted by Crippen LogP contribution is 2.62. The number of carbonyl (C=O) groups is 1. The van der Waals surface area contributed by atoms with Crippen LogP contribution < -0.4 is 0 Å². The Bertz CT molecular complexity index is 2250. The van der Waals surface area contributed by atoms with Gasteiger partial charge in [0, 0.05) is 49.2 Å². The molecule has 6 aromatic rings. The topological polar surface area (TPSA) is 52.1 Å². The summed E-state index contributed by atoms with van der Waals surface area (Å²) < 4.78 is 5.54. The number of ether oxygens (including phenoxy) is 1. The van der Waals surface area contributed by atoms with Crippen molar-refractivity contribution in [3.63, 3.8) is 0 Å². The summed E-state index contributed by atoms with van der Waals surface area (Å²) in [5.41, 5.74) is 9.66. The molecule has 0 saturated carbocycles. The average Bonchev–Trinajstić information content (AvgIpc) is 3.49. The number of halogens is 2. The van der Waals surface area contributed by atoms with Gasteiger partial charge >= 0.3 is 5.97 Å². The van der Waals surface area contributed by atoms with Crippen molar-refractivity contribution in [1.82, 2.24) is 9.97 Å². The Balaban J connectivity index is 1.45. The minimum Gasteiger partial charge on any atom is -0.466 e. The molecule has 8 rings (SSSR count). The number of para-hydroxylation sites is 2. The summed E-state index contributed by atoms with van der Waals surface area (Å²) >= 11 is 13.7. The molecule has 48 heavy (non-hydrogen) atoms. The monoisotopic (exact) mass is 670 g/mol. The van der Waals surface area contributed by atoms with Crippen molar-refractivity contribution >= 4 is 51.0 Å². The fourth-order valence-corrected chi connectivity index (χ4v) is 8.88. The van der Waals surface area contributed by atoms with Crippen LogP contribution in [0.15, 0.2) is 97.1 Å². The van der Waals surface area contributed by atoms with E-state index in [9.17, 15) is 4.79 Å². The maximum Gasteiger partial charge on any atom is 0.305 e. The maximum absolute atomic E-state index is 13.2. The molecule has 6 heteroatoms. The van der Waals surface area contributed by atoms with Crippen LogP contribution in [-0.4, -0.2) is 22.5 Å². The van der Waals surface area contributed by atoms with E-state index in [1.165, 1.54) is 11.1 Å². The molecule has 0 bridgehead atoms. The molecular weight excluding hydrogens is 635 g/mol. The first-order valence-electron chi connectivity index (χ1n) is 16.9. The van der Waals surface area contributed by atoms with Gasteiger partial charge < -0.3 is 4.74 Å². The van der Waals surface area contributed by atoms with E-state index in [2.05, 4.69) is 79.7 Å². The van der Waals surface area contributed by atoms with Gasteiger partial charge in [-0.15, -0.1) is 0 Å². The van der Waals surface area contributed by atoms with E-state index in [1.54, 1.807) is 0 Å². The van der Waals surface area contributed by atoms with Crippen molar-refractivity contribution in [2.24, 2.45) is 0 Å². The molecular formula is C42H36Cl2N2O2. The van der Waals surface area contributed by atoms with Crippen LogP contribution in [0.5, 0.6) is 0 Å². The number of esters is 1. The van der Waals surface area contributed by atoms with Crippen molar-refractivity contribution in [3.05, 3.63) is 129 Å². The van der Waals surface area contributed by atoms with Crippen LogP contribution in [0.25, 0.3) is 44.3 Å². The van der Waals surface area contributed by atoms with Crippen LogP contribution in [0.1, 0.15) is 74.6 Å². The van der Waals surface area contributed by atoms with Gasteiger partial charge in [0.25, 0.3) is 0 Å². The molecule has 2 aliphatic rings. The molecule has 0 N–H and O–H groups in total. The second-order valence-electron chi connectivity index (χ2n) is 13.3. The van der Waals surface area contributed by atoms with E-state index in [0.29, 0.717) is 29.5 Å². The van der Waals surface area contributed by atoms with Gasteiger partial charge in [0.15, 0.2) is 0 Å². The Labute approximate surface area is 291 Å². The van der Waals surface area contributed by atoms with E-state index in [4.69, 9.17) is 37.9 Å². The van der Waals surface area contributed by atoms with Gasteiger partial charge in [0.1, 0.15) is 0 Å². The van der Waals surface area contributed by atoms with Crippen molar-refractivity contribution in [3.8, 4) is 22.5 Å². The highest BCUT2D eigenvalue weighted by atomic mass is 35.5. The number of benzene rings is 4. The summed E-state index contributed by atoms with van der Waals surface area (Å²) in [7, 11) is 0. The van der Waals surface area contributed by atoms with Crippen LogP contribution in [0, 0.1) is 0 Å². The lowest BCUT2D eigenvalue weighted by Gasteiger charge is -2.43. The van der Waals surface area contributed by atoms with E-state index in [1.807, 2.05) is 31.2 Å². The van der Waals surface area contributed by atoms with Crippen LogP contribution in [0.2, 0.25) is 10.0 Å². The molecule has 2 aromatic heterocycles. The lowest BCUT2D eigenvalue weighted by Crippen LogP contribution is -2.38. The number of fused-ring (bicyclic) bond motifs is 8. The number of unbranched alkanes of at least 4 members (excludes halogenated alkanes) is 1. The van der Waals surface area contributed by atoms with Crippen molar-refractivity contribution < 1.29 is 9.53 Å². The number of aromatic nitrogens is 2. The molecule has 2 aliphatic carbocycles. The van der Waals surface area contributed by atoms with E-state index in [0.717, 1.165) is 74.7 Å². The summed E-state index contributed by atoms with van der Waals surface area (Å²) in [4.78, 5) is 23.8. The average molecular weight is 672 g/mol. The number of carbonyl (C=O) groups excluding carboxylic acids is 1. The normalized spacial score (nSPS) is 18.8. The highest BCUT2D eigenvalue weighted by Gasteiger charge is 2.54. The Morgan fingerprint density at radius 2 is 1.19 bits per heavy atom. The first kappa shape index (κ1) is 31.0. The van der Waals surface area contributed by atoms with Crippen LogP contribution >= 0.6 is 23.2 Å². The van der Waals surface area contributed by atoms with E-state index < -0.39 is 10.8 Å². The predicted octanol–water partition coefficient (Wildman–Crippen LogP) is 11.2. The van der Waals surface area contributed by atoms with Gasteiger partial charge in [-0.1, -0.05) is 91.5 Å². The third kappa shape index (κ3) is 4.83. The zero-order valence-corrected chi connectivity index (χ0v) is 28.7. The van der Waals surface area contributed by atoms with Gasteiger partial charge in [-0.25, -0.2) is 9.97 Å². The molecule has 4 nitrogen and oxygen atoms in total. The second kappa shape index (κ2) is 12.0. The molecule has 2 unspecified atom stereocenters. The van der Waals surface area contributed by atoms with Gasteiger partial charge in [0.2, 0.25) is 0 Å². The van der Waals surface area contributed by atoms with Crippen LogP contribution in [0.3, 0.4) is 0 Å². The van der Waals surface area contributed by atoms with Crippen LogP contribution in [0.4, 0.5) is 0 Å². The van der Waals surface area contributed by atoms with Gasteiger partial charge in [0.05, 0.1) is 29.0 Å². The largest absolute Gasteiger partial charge is 0.466 e. The molecule has 0 aliphatic heterocycles. The Morgan fingerprint density at radius 3 is 1.71 bits per heavy atom. The van der Waals surface area contributed by atoms with Crippen molar-refractivity contribution in [2.75, 3.05) is 6.61 Å².